The van der Waals surface area contributed by atoms with Crippen LogP contribution in [-0.4, -0.2) is 21.8 Å². The highest BCUT2D eigenvalue weighted by Gasteiger charge is 2.31. The average Bonchev–Trinajstić information content (AvgIpc) is 2.17. The fraction of sp³-hybridized carbons (Fsp3) is 0.300. The van der Waals surface area contributed by atoms with Crippen LogP contribution in [0.15, 0.2) is 12.3 Å². The Labute approximate surface area is 97.2 Å². The maximum absolute atomic E-state index is 11.2. The second-order valence-corrected chi connectivity index (χ2v) is 3.98. The number of carbonyl (C=O) groups is 2. The van der Waals surface area contributed by atoms with Crippen molar-refractivity contribution in [3.05, 3.63) is 28.5 Å². The minimum atomic E-state index is -1.60. The summed E-state index contributed by atoms with van der Waals surface area (Å²) in [5.41, 5.74) is 4.41. The number of carbonyl (C=O) groups excluding carboxylic acids is 1. The third kappa shape index (κ3) is 2.20. The SMILES string of the molecule is CC(=O)c1cc([C@@](C)(N)C(=O)O)cnc1Cl. The van der Waals surface area contributed by atoms with Crippen LogP contribution in [0.2, 0.25) is 5.15 Å². The Morgan fingerprint density at radius 3 is 2.56 bits per heavy atom. The molecule has 0 aliphatic heterocycles. The molecule has 1 atom stereocenters. The van der Waals surface area contributed by atoms with Gasteiger partial charge in [-0.25, -0.2) is 9.78 Å². The zero-order chi connectivity index (χ0) is 12.5. The lowest BCUT2D eigenvalue weighted by Crippen LogP contribution is -2.41. The monoisotopic (exact) mass is 242 g/mol. The first kappa shape index (κ1) is 12.6. The number of pyridine rings is 1. The molecule has 0 saturated carbocycles. The molecule has 1 aromatic heterocycles. The van der Waals surface area contributed by atoms with Gasteiger partial charge in [0, 0.05) is 11.8 Å². The van der Waals surface area contributed by atoms with Crippen molar-refractivity contribution in [2.45, 2.75) is 19.4 Å². The first-order chi connectivity index (χ1) is 7.26. The van der Waals surface area contributed by atoms with Crippen LogP contribution in [0.4, 0.5) is 0 Å². The molecular formula is C10H11ClN2O3. The van der Waals surface area contributed by atoms with Crippen LogP contribution < -0.4 is 5.73 Å². The fourth-order valence-corrected chi connectivity index (χ4v) is 1.34. The number of ketones is 1. The summed E-state index contributed by atoms with van der Waals surface area (Å²) >= 11 is 5.70. The minimum Gasteiger partial charge on any atom is -0.480 e. The molecule has 0 spiro atoms. The highest BCUT2D eigenvalue weighted by atomic mass is 35.5. The van der Waals surface area contributed by atoms with Gasteiger partial charge in [-0.3, -0.25) is 4.79 Å². The van der Waals surface area contributed by atoms with E-state index in [-0.39, 0.29) is 22.1 Å². The van der Waals surface area contributed by atoms with E-state index in [1.54, 1.807) is 0 Å². The lowest BCUT2D eigenvalue weighted by atomic mass is 9.93. The standard InChI is InChI=1S/C10H11ClN2O3/c1-5(14)7-3-6(4-13-8(7)11)10(2,12)9(15)16/h3-4H,12H2,1-2H3,(H,15,16)/t10-/m1/s1. The summed E-state index contributed by atoms with van der Waals surface area (Å²) < 4.78 is 0. The Bertz CT molecular complexity index is 457. The van der Waals surface area contributed by atoms with Crippen LogP contribution in [0.3, 0.4) is 0 Å². The smallest absolute Gasteiger partial charge is 0.328 e. The van der Waals surface area contributed by atoms with Crippen LogP contribution in [0.1, 0.15) is 29.8 Å². The van der Waals surface area contributed by atoms with Gasteiger partial charge in [0.2, 0.25) is 0 Å². The molecule has 0 aromatic carbocycles. The van der Waals surface area contributed by atoms with Crippen LogP contribution in [-0.2, 0) is 10.3 Å². The number of hydrogen-bond acceptors (Lipinski definition) is 4. The largest absolute Gasteiger partial charge is 0.480 e. The van der Waals surface area contributed by atoms with E-state index < -0.39 is 11.5 Å². The van der Waals surface area contributed by atoms with Crippen molar-refractivity contribution in [3.63, 3.8) is 0 Å². The lowest BCUT2D eigenvalue weighted by Gasteiger charge is -2.19. The summed E-state index contributed by atoms with van der Waals surface area (Å²) in [6.45, 7) is 2.64. The molecule has 0 unspecified atom stereocenters. The van der Waals surface area contributed by atoms with E-state index in [1.807, 2.05) is 0 Å². The van der Waals surface area contributed by atoms with Gasteiger partial charge in [0.25, 0.3) is 0 Å². The van der Waals surface area contributed by atoms with Crippen molar-refractivity contribution in [1.82, 2.24) is 4.98 Å². The molecule has 0 saturated heterocycles. The molecule has 3 N–H and O–H groups in total. The predicted molar refractivity (Wildman–Crippen MR) is 58.4 cm³/mol. The molecular weight excluding hydrogens is 232 g/mol. The molecule has 5 nitrogen and oxygen atoms in total. The number of carboxylic acids is 1. The highest BCUT2D eigenvalue weighted by Crippen LogP contribution is 2.22. The van der Waals surface area contributed by atoms with E-state index in [4.69, 9.17) is 22.4 Å². The first-order valence-corrected chi connectivity index (χ1v) is 4.84. The van der Waals surface area contributed by atoms with Gasteiger partial charge >= 0.3 is 5.97 Å². The molecule has 0 aliphatic rings. The number of aromatic nitrogens is 1. The Hall–Kier alpha value is -1.46. The van der Waals surface area contributed by atoms with Gasteiger partial charge in [0.1, 0.15) is 10.7 Å². The second kappa shape index (κ2) is 4.19. The number of aliphatic carboxylic acids is 1. The molecule has 1 aromatic rings. The molecule has 0 fully saturated rings. The van der Waals surface area contributed by atoms with Crippen molar-refractivity contribution < 1.29 is 14.7 Å². The van der Waals surface area contributed by atoms with Gasteiger partial charge in [-0.2, -0.15) is 0 Å². The van der Waals surface area contributed by atoms with Crippen molar-refractivity contribution >= 4 is 23.4 Å². The van der Waals surface area contributed by atoms with E-state index in [0.717, 1.165) is 0 Å². The van der Waals surface area contributed by atoms with Crippen molar-refractivity contribution in [3.8, 4) is 0 Å². The molecule has 0 amide bonds. The predicted octanol–water partition coefficient (Wildman–Crippen LogP) is 1.20. The summed E-state index contributed by atoms with van der Waals surface area (Å²) in [5.74, 6) is -1.49. The number of nitrogens with two attached hydrogens (primary N) is 1. The average molecular weight is 243 g/mol. The second-order valence-electron chi connectivity index (χ2n) is 3.63. The number of carboxylic acid groups (broad SMARTS) is 1. The Kier molecular flexibility index (Phi) is 3.30. The van der Waals surface area contributed by atoms with Crippen LogP contribution in [0.5, 0.6) is 0 Å². The summed E-state index contributed by atoms with van der Waals surface area (Å²) in [5, 5.41) is 8.96. The first-order valence-electron chi connectivity index (χ1n) is 4.46. The van der Waals surface area contributed by atoms with Gasteiger partial charge in [0.05, 0.1) is 5.56 Å². The zero-order valence-corrected chi connectivity index (χ0v) is 9.58. The van der Waals surface area contributed by atoms with Gasteiger partial charge in [-0.05, 0) is 19.9 Å². The van der Waals surface area contributed by atoms with Gasteiger partial charge in [-0.1, -0.05) is 11.6 Å². The molecule has 16 heavy (non-hydrogen) atoms. The number of rotatable bonds is 3. The van der Waals surface area contributed by atoms with Crippen molar-refractivity contribution in [1.29, 1.82) is 0 Å². The molecule has 86 valence electrons. The zero-order valence-electron chi connectivity index (χ0n) is 8.82. The Morgan fingerprint density at radius 1 is 1.56 bits per heavy atom. The van der Waals surface area contributed by atoms with E-state index >= 15 is 0 Å². The maximum Gasteiger partial charge on any atom is 0.328 e. The third-order valence-electron chi connectivity index (χ3n) is 2.26. The summed E-state index contributed by atoms with van der Waals surface area (Å²) in [6, 6.07) is 1.35. The Balaban J connectivity index is 3.33. The van der Waals surface area contributed by atoms with E-state index in [9.17, 15) is 9.59 Å². The van der Waals surface area contributed by atoms with E-state index in [2.05, 4.69) is 4.98 Å². The van der Waals surface area contributed by atoms with E-state index in [1.165, 1.54) is 26.1 Å². The molecule has 1 rings (SSSR count). The number of hydrogen-bond donors (Lipinski definition) is 2. The Morgan fingerprint density at radius 2 is 2.12 bits per heavy atom. The molecule has 1 heterocycles. The number of halogens is 1. The lowest BCUT2D eigenvalue weighted by molar-refractivity contribution is -0.143. The molecule has 0 aliphatic carbocycles. The number of Topliss-reactive ketones (excluding diaryl/α,β-unsaturated/α-hetero) is 1. The van der Waals surface area contributed by atoms with Gasteiger partial charge < -0.3 is 10.8 Å². The topological polar surface area (TPSA) is 93.3 Å². The van der Waals surface area contributed by atoms with Crippen molar-refractivity contribution in [2.75, 3.05) is 0 Å². The maximum atomic E-state index is 11.2. The third-order valence-corrected chi connectivity index (χ3v) is 2.56. The normalized spacial score (nSPS) is 14.2. The van der Waals surface area contributed by atoms with Crippen LogP contribution >= 0.6 is 11.6 Å². The van der Waals surface area contributed by atoms with E-state index in [0.29, 0.717) is 0 Å². The minimum absolute atomic E-state index is 0.0393. The summed E-state index contributed by atoms with van der Waals surface area (Å²) in [4.78, 5) is 25.9. The van der Waals surface area contributed by atoms with Gasteiger partial charge in [0.15, 0.2) is 5.78 Å². The van der Waals surface area contributed by atoms with Crippen LogP contribution in [0, 0.1) is 0 Å². The molecule has 6 heteroatoms. The van der Waals surface area contributed by atoms with Gasteiger partial charge in [-0.15, -0.1) is 0 Å². The molecule has 0 bridgehead atoms. The summed E-state index contributed by atoms with van der Waals surface area (Å²) in [7, 11) is 0. The van der Waals surface area contributed by atoms with Crippen molar-refractivity contribution in [2.24, 2.45) is 5.73 Å². The highest BCUT2D eigenvalue weighted by molar-refractivity contribution is 6.32. The fourth-order valence-electron chi connectivity index (χ4n) is 1.10. The quantitative estimate of drug-likeness (QED) is 0.614. The molecule has 0 radical (unpaired) electrons. The summed E-state index contributed by atoms with van der Waals surface area (Å²) in [6.07, 6.45) is 1.25. The van der Waals surface area contributed by atoms with Crippen LogP contribution in [0.25, 0.3) is 0 Å². The number of nitrogens with zero attached hydrogens (tertiary/aromatic N) is 1.